The fourth-order valence-corrected chi connectivity index (χ4v) is 29.8. The minimum absolute atomic E-state index is 0.222. The molecule has 27 rings (SSSR count). The highest BCUT2D eigenvalue weighted by molar-refractivity contribution is 6.24. The molecule has 16 aromatic carbocycles. The molecule has 0 unspecified atom stereocenters. The molecule has 4 nitrogen and oxygen atoms in total. The third kappa shape index (κ3) is 11.3. The molecule has 8 aliphatic carbocycles. The van der Waals surface area contributed by atoms with Gasteiger partial charge in [0.2, 0.25) is 0 Å². The summed E-state index contributed by atoms with van der Waals surface area (Å²) in [4.78, 5) is 2.78. The number of furan rings is 3. The Morgan fingerprint density at radius 2 is 0.536 bits per heavy atom. The molecule has 19 aromatic rings. The molecule has 3 heterocycles. The van der Waals surface area contributed by atoms with Gasteiger partial charge < -0.3 is 18.2 Å². The van der Waals surface area contributed by atoms with Crippen LogP contribution in [-0.4, -0.2) is 0 Å². The third-order valence-electron chi connectivity index (χ3n) is 35.6. The molecule has 138 heavy (non-hydrogen) atoms. The van der Waals surface area contributed by atoms with E-state index in [9.17, 15) is 0 Å². The molecule has 2 spiro atoms. The normalized spacial score (nSPS) is 15.7. The Bertz CT molecular complexity index is 8200. The van der Waals surface area contributed by atoms with Gasteiger partial charge in [-0.3, -0.25) is 0 Å². The standard InChI is InChI=1S/C134H121NO3/c1-9-13-17-21-43-73-131(74-44-22-18-14-10-2)100-57-35-30-52-91(100)118-120-96-55-33-42-64-113(96)138-128(120)122-93-70-67-83(78-107(93)132(126(122)125(118)131,75-45-23-19-15-11-3)76-46-24-20-16-12-4)135(82-66-69-92-106(77-82)130(7,8)123-117(92)119-95-54-32-41-63-112(95)137-127(119)121-90-51-29-34-56-99(90)129(5,6)124(121)123)84-65-68-89-97-80-110-98(81-109(97)134(108(89)79-84)103-60-38-27-49-87(103)88-50-28-39-61-104(88)134)115-105(71-72-114-116(115)94-53-31-40-62-111(94)136-114)133(110)101-58-36-25-47-85(101)86-48-26-37-59-102(86)133/h25-42,47-72,77-81H,9-24,43-46,73-76H2,1-8H3. The number of benzene rings is 16. The Kier molecular flexibility index (Phi) is 19.3. The van der Waals surface area contributed by atoms with Crippen LogP contribution in [0.1, 0.15) is 299 Å². The van der Waals surface area contributed by atoms with Crippen LogP contribution in [0.3, 0.4) is 0 Å². The van der Waals surface area contributed by atoms with Gasteiger partial charge in [-0.05, 0) is 265 Å². The minimum Gasteiger partial charge on any atom is -0.456 e. The second kappa shape index (κ2) is 31.6. The Hall–Kier alpha value is -13.3. The lowest BCUT2D eigenvalue weighted by molar-refractivity contribution is 0.369. The zero-order valence-corrected chi connectivity index (χ0v) is 81.4. The van der Waals surface area contributed by atoms with Crippen molar-refractivity contribution in [1.82, 2.24) is 0 Å². The predicted octanol–water partition coefficient (Wildman–Crippen LogP) is 38.1. The van der Waals surface area contributed by atoms with Gasteiger partial charge >= 0.3 is 0 Å². The lowest BCUT2D eigenvalue weighted by Crippen LogP contribution is -2.33. The van der Waals surface area contributed by atoms with Crippen molar-refractivity contribution < 1.29 is 13.3 Å². The van der Waals surface area contributed by atoms with Gasteiger partial charge in [0.1, 0.15) is 33.5 Å². The van der Waals surface area contributed by atoms with Gasteiger partial charge in [-0.1, -0.05) is 408 Å². The summed E-state index contributed by atoms with van der Waals surface area (Å²) in [6, 6.07) is 118. The first-order valence-corrected chi connectivity index (χ1v) is 52.9. The van der Waals surface area contributed by atoms with Crippen molar-refractivity contribution in [1.29, 1.82) is 0 Å². The molecule has 0 saturated heterocycles. The average molecular weight is 1790 g/mol. The molecule has 0 saturated carbocycles. The van der Waals surface area contributed by atoms with Gasteiger partial charge in [-0.15, -0.1) is 0 Å². The van der Waals surface area contributed by atoms with Crippen LogP contribution >= 0.6 is 0 Å². The lowest BCUT2D eigenvalue weighted by atomic mass is 9.62. The summed E-state index contributed by atoms with van der Waals surface area (Å²) < 4.78 is 22.3. The summed E-state index contributed by atoms with van der Waals surface area (Å²) in [5, 5.41) is 7.27. The molecular weight excluding hydrogens is 1670 g/mol. The fourth-order valence-electron chi connectivity index (χ4n) is 29.8. The van der Waals surface area contributed by atoms with E-state index in [1.807, 2.05) is 0 Å². The van der Waals surface area contributed by atoms with Gasteiger partial charge in [0.15, 0.2) is 0 Å². The van der Waals surface area contributed by atoms with Gasteiger partial charge in [0.05, 0.1) is 10.8 Å². The molecule has 0 radical (unpaired) electrons. The van der Waals surface area contributed by atoms with E-state index in [2.05, 4.69) is 358 Å². The molecule has 680 valence electrons. The van der Waals surface area contributed by atoms with Gasteiger partial charge in [-0.2, -0.15) is 0 Å². The van der Waals surface area contributed by atoms with Crippen molar-refractivity contribution in [3.8, 4) is 89.0 Å². The van der Waals surface area contributed by atoms with E-state index in [1.54, 1.807) is 16.7 Å². The molecular formula is C134H121NO3. The molecule has 0 amide bonds. The van der Waals surface area contributed by atoms with Crippen molar-refractivity contribution >= 4 is 82.9 Å². The van der Waals surface area contributed by atoms with Crippen LogP contribution in [0.5, 0.6) is 0 Å². The first-order valence-electron chi connectivity index (χ1n) is 52.9. The van der Waals surface area contributed by atoms with E-state index in [1.165, 1.54) is 310 Å². The molecule has 0 fully saturated rings. The van der Waals surface area contributed by atoms with Gasteiger partial charge in [0.25, 0.3) is 0 Å². The molecule has 0 bridgehead atoms. The fraction of sp³-hybridized carbons (Fsp3) is 0.284. The Morgan fingerprint density at radius 3 is 1.04 bits per heavy atom. The van der Waals surface area contributed by atoms with E-state index < -0.39 is 21.7 Å². The maximum Gasteiger partial charge on any atom is 0.144 e. The molecule has 4 heteroatoms. The second-order valence-corrected chi connectivity index (χ2v) is 43.4. The maximum absolute atomic E-state index is 7.91. The highest BCUT2D eigenvalue weighted by atomic mass is 16.3. The van der Waals surface area contributed by atoms with Crippen LogP contribution in [0, 0.1) is 0 Å². The summed E-state index contributed by atoms with van der Waals surface area (Å²) in [5.74, 6) is 0. The first kappa shape index (κ1) is 84.0. The average Bonchev–Trinajstić information content (AvgIpc) is 1.48. The maximum atomic E-state index is 7.91. The van der Waals surface area contributed by atoms with Crippen molar-refractivity contribution in [2.45, 2.75) is 242 Å². The Morgan fingerprint density at radius 1 is 0.210 bits per heavy atom. The van der Waals surface area contributed by atoms with Crippen LogP contribution in [0.2, 0.25) is 0 Å². The van der Waals surface area contributed by atoms with Crippen LogP contribution < -0.4 is 4.90 Å². The van der Waals surface area contributed by atoms with Crippen molar-refractivity contribution in [2.75, 3.05) is 4.90 Å². The summed E-state index contributed by atoms with van der Waals surface area (Å²) in [6.07, 6.45) is 28.9. The third-order valence-corrected chi connectivity index (χ3v) is 35.6. The zero-order valence-electron chi connectivity index (χ0n) is 81.4. The number of para-hydroxylation sites is 3. The molecule has 3 aromatic heterocycles. The van der Waals surface area contributed by atoms with Crippen LogP contribution in [0.25, 0.3) is 155 Å². The van der Waals surface area contributed by atoms with Crippen molar-refractivity contribution in [3.63, 3.8) is 0 Å². The van der Waals surface area contributed by atoms with E-state index >= 15 is 0 Å². The Labute approximate surface area is 812 Å². The number of hydrogen-bond acceptors (Lipinski definition) is 4. The quantitative estimate of drug-likeness (QED) is 0.0481. The number of anilines is 3. The molecule has 0 N–H and O–H groups in total. The highest BCUT2D eigenvalue weighted by Gasteiger charge is 2.60. The minimum atomic E-state index is -0.772. The monoisotopic (exact) mass is 1790 g/mol. The lowest BCUT2D eigenvalue weighted by Gasteiger charge is -2.40. The van der Waals surface area contributed by atoms with Crippen molar-refractivity contribution in [3.05, 3.63) is 386 Å². The van der Waals surface area contributed by atoms with Gasteiger partial charge in [0, 0.05) is 82.2 Å². The SMILES string of the molecule is CCCCCCCC1(CCCCCCC)c2cc(N(c3ccc4c(c3)C(C)(C)c3c5c(c6oc7ccccc7c6c3-4)-c3ccccc3C5(C)C)c3ccc4c(c3)C3(c5ccccc5-c5ccccc53)c3cc5c(cc3-4)C3(c4ccccc4-c4ccccc43)c3ccc4oc6ccccc6c4c3-5)ccc2-c2c1c1c(c3c2oc2ccccc23)-c2ccccc2C1(CCCCCCC)CCCCCCC. The number of fused-ring (bicyclic) bond motifs is 48. The zero-order chi connectivity index (χ0) is 92.5. The smallest absolute Gasteiger partial charge is 0.144 e. The second-order valence-electron chi connectivity index (χ2n) is 43.4. The number of unbranched alkanes of at least 4 members (excludes halogenated alkanes) is 16. The number of nitrogens with zero attached hydrogens (tertiary/aromatic N) is 1. The summed E-state index contributed by atoms with van der Waals surface area (Å²) in [6.45, 7) is 19.6. The molecule has 8 aliphatic rings. The van der Waals surface area contributed by atoms with Crippen LogP contribution in [0.4, 0.5) is 17.1 Å². The van der Waals surface area contributed by atoms with E-state index in [-0.39, 0.29) is 10.8 Å². The predicted molar refractivity (Wildman–Crippen MR) is 577 cm³/mol. The number of hydrogen-bond donors (Lipinski definition) is 0. The number of rotatable bonds is 27. The van der Waals surface area contributed by atoms with Crippen LogP contribution in [0.15, 0.2) is 311 Å². The first-order chi connectivity index (χ1) is 67.8. The van der Waals surface area contributed by atoms with Crippen LogP contribution in [-0.2, 0) is 32.5 Å². The summed E-state index contributed by atoms with van der Waals surface area (Å²) in [5.41, 5.74) is 49.8. The van der Waals surface area contributed by atoms with E-state index in [0.29, 0.717) is 0 Å². The molecule has 0 aliphatic heterocycles. The van der Waals surface area contributed by atoms with E-state index in [4.69, 9.17) is 13.3 Å². The van der Waals surface area contributed by atoms with E-state index in [0.717, 1.165) is 88.8 Å². The summed E-state index contributed by atoms with van der Waals surface area (Å²) >= 11 is 0. The Balaban J connectivity index is 0.747. The highest BCUT2D eigenvalue weighted by Crippen LogP contribution is 2.73. The molecule has 0 atom stereocenters. The van der Waals surface area contributed by atoms with Crippen molar-refractivity contribution in [2.24, 2.45) is 0 Å². The summed E-state index contributed by atoms with van der Waals surface area (Å²) in [7, 11) is 0. The topological polar surface area (TPSA) is 42.7 Å². The van der Waals surface area contributed by atoms with Gasteiger partial charge in [-0.25, -0.2) is 0 Å². The largest absolute Gasteiger partial charge is 0.456 e.